The summed E-state index contributed by atoms with van der Waals surface area (Å²) in [6, 6.07) is 6.06. The Labute approximate surface area is 129 Å². The number of rotatable bonds is 6. The van der Waals surface area contributed by atoms with Crippen LogP contribution in [-0.4, -0.2) is 27.2 Å². The highest BCUT2D eigenvalue weighted by molar-refractivity contribution is 7.99. The van der Waals surface area contributed by atoms with Crippen molar-refractivity contribution in [1.82, 2.24) is 9.55 Å². The number of hydrogen-bond acceptors (Lipinski definition) is 3. The molecule has 20 heavy (non-hydrogen) atoms. The van der Waals surface area contributed by atoms with Crippen LogP contribution < -0.4 is 4.74 Å². The van der Waals surface area contributed by atoms with Crippen LogP contribution in [0.2, 0.25) is 0 Å². The molecule has 0 fully saturated rings. The second-order valence-electron chi connectivity index (χ2n) is 5.11. The molecule has 0 amide bonds. The van der Waals surface area contributed by atoms with E-state index in [1.54, 1.807) is 0 Å². The first-order valence-corrected chi connectivity index (χ1v) is 8.62. The number of hydrogen-bond donors (Lipinski definition) is 0. The largest absolute Gasteiger partial charge is 0.489 e. The van der Waals surface area contributed by atoms with Gasteiger partial charge in [-0.25, -0.2) is 4.98 Å². The van der Waals surface area contributed by atoms with Gasteiger partial charge in [-0.3, -0.25) is 0 Å². The molecule has 0 spiro atoms. The van der Waals surface area contributed by atoms with Gasteiger partial charge in [0.2, 0.25) is 0 Å². The van der Waals surface area contributed by atoms with Crippen LogP contribution >= 0.6 is 23.4 Å². The molecule has 1 aromatic carbocycles. The van der Waals surface area contributed by atoms with E-state index in [9.17, 15) is 0 Å². The molecule has 0 saturated carbocycles. The van der Waals surface area contributed by atoms with Gasteiger partial charge in [0.15, 0.2) is 0 Å². The third kappa shape index (κ3) is 3.23. The summed E-state index contributed by atoms with van der Waals surface area (Å²) in [4.78, 5) is 4.67. The maximum atomic E-state index is 6.06. The fourth-order valence-electron chi connectivity index (χ4n) is 2.16. The van der Waals surface area contributed by atoms with E-state index in [4.69, 9.17) is 16.3 Å². The van der Waals surface area contributed by atoms with Crippen molar-refractivity contribution in [2.24, 2.45) is 0 Å². The molecule has 0 radical (unpaired) electrons. The van der Waals surface area contributed by atoms with Crippen LogP contribution in [0, 0.1) is 0 Å². The average Bonchev–Trinajstić information content (AvgIpc) is 2.77. The van der Waals surface area contributed by atoms with Gasteiger partial charge in [-0.1, -0.05) is 13.0 Å². The Morgan fingerprint density at radius 1 is 1.35 bits per heavy atom. The second-order valence-corrected chi connectivity index (χ2v) is 6.65. The maximum absolute atomic E-state index is 6.06. The Balaban J connectivity index is 2.51. The van der Waals surface area contributed by atoms with Crippen LogP contribution in [0.1, 0.15) is 26.6 Å². The molecule has 0 aliphatic carbocycles. The van der Waals surface area contributed by atoms with Crippen molar-refractivity contribution in [3.8, 4) is 5.75 Å². The first kappa shape index (κ1) is 15.5. The van der Waals surface area contributed by atoms with Crippen LogP contribution in [0.15, 0.2) is 18.2 Å². The van der Waals surface area contributed by atoms with Gasteiger partial charge in [0, 0.05) is 11.8 Å². The van der Waals surface area contributed by atoms with Crippen molar-refractivity contribution in [1.29, 1.82) is 0 Å². The fraction of sp³-hybridized carbons (Fsp3) is 0.533. The minimum absolute atomic E-state index is 0.135. The number of halogens is 1. The van der Waals surface area contributed by atoms with Gasteiger partial charge in [-0.15, -0.1) is 11.6 Å². The zero-order valence-corrected chi connectivity index (χ0v) is 14.0. The Kier molecular flexibility index (Phi) is 5.22. The highest BCUT2D eigenvalue weighted by Gasteiger charge is 2.15. The van der Waals surface area contributed by atoms with Gasteiger partial charge in [0.25, 0.3) is 0 Å². The van der Waals surface area contributed by atoms with E-state index < -0.39 is 0 Å². The predicted octanol–water partition coefficient (Wildman–Crippen LogP) is 4.31. The Hall–Kier alpha value is -0.870. The SMILES string of the molecule is CSC(C)Cn1c(CCl)nc2c(OC(C)C)cccc21. The number of nitrogens with zero attached hydrogens (tertiary/aromatic N) is 2. The lowest BCUT2D eigenvalue weighted by atomic mass is 10.3. The van der Waals surface area contributed by atoms with Crippen LogP contribution in [0.5, 0.6) is 5.75 Å². The summed E-state index contributed by atoms with van der Waals surface area (Å²) >= 11 is 7.90. The van der Waals surface area contributed by atoms with Crippen molar-refractivity contribution in [2.45, 2.75) is 44.5 Å². The van der Waals surface area contributed by atoms with Crippen molar-refractivity contribution in [3.05, 3.63) is 24.0 Å². The molecule has 0 bridgehead atoms. The number of imidazole rings is 1. The van der Waals surface area contributed by atoms with E-state index in [1.165, 1.54) is 0 Å². The zero-order chi connectivity index (χ0) is 14.7. The number of ether oxygens (including phenoxy) is 1. The minimum atomic E-state index is 0.135. The molecule has 2 aromatic rings. The summed E-state index contributed by atoms with van der Waals surface area (Å²) < 4.78 is 8.05. The van der Waals surface area contributed by atoms with Gasteiger partial charge in [-0.05, 0) is 32.2 Å². The average molecular weight is 313 g/mol. The Morgan fingerprint density at radius 2 is 2.10 bits per heavy atom. The van der Waals surface area contributed by atoms with Gasteiger partial charge in [0.1, 0.15) is 17.1 Å². The van der Waals surface area contributed by atoms with Crippen molar-refractivity contribution in [2.75, 3.05) is 6.26 Å². The van der Waals surface area contributed by atoms with E-state index in [0.29, 0.717) is 11.1 Å². The summed E-state index contributed by atoms with van der Waals surface area (Å²) in [7, 11) is 0. The summed E-state index contributed by atoms with van der Waals surface area (Å²) in [5.74, 6) is 2.15. The monoisotopic (exact) mass is 312 g/mol. The van der Waals surface area contributed by atoms with E-state index >= 15 is 0 Å². The van der Waals surface area contributed by atoms with Gasteiger partial charge >= 0.3 is 0 Å². The fourth-order valence-corrected chi connectivity index (χ4v) is 2.66. The number of para-hydroxylation sites is 1. The maximum Gasteiger partial charge on any atom is 0.147 e. The molecule has 0 aliphatic heterocycles. The normalized spacial score (nSPS) is 13.1. The van der Waals surface area contributed by atoms with Crippen LogP contribution in [0.4, 0.5) is 0 Å². The Morgan fingerprint density at radius 3 is 2.70 bits per heavy atom. The summed E-state index contributed by atoms with van der Waals surface area (Å²) in [6.07, 6.45) is 2.26. The molecule has 1 aromatic heterocycles. The standard InChI is InChI=1S/C15H21ClN2OS/c1-10(2)19-13-7-5-6-12-15(13)17-14(8-16)18(12)9-11(3)20-4/h5-7,10-11H,8-9H2,1-4H3. The first-order chi connectivity index (χ1) is 9.56. The summed E-state index contributed by atoms with van der Waals surface area (Å²) in [6.45, 7) is 7.16. The predicted molar refractivity (Wildman–Crippen MR) is 88.0 cm³/mol. The van der Waals surface area contributed by atoms with E-state index in [1.807, 2.05) is 37.7 Å². The van der Waals surface area contributed by atoms with E-state index in [0.717, 1.165) is 29.2 Å². The highest BCUT2D eigenvalue weighted by atomic mass is 35.5. The zero-order valence-electron chi connectivity index (χ0n) is 12.4. The van der Waals surface area contributed by atoms with Crippen LogP contribution in [0.3, 0.4) is 0 Å². The van der Waals surface area contributed by atoms with Gasteiger partial charge < -0.3 is 9.30 Å². The molecular weight excluding hydrogens is 292 g/mol. The molecule has 5 heteroatoms. The number of alkyl halides is 1. The molecule has 1 heterocycles. The lowest BCUT2D eigenvalue weighted by molar-refractivity contribution is 0.245. The second kappa shape index (κ2) is 6.72. The first-order valence-electron chi connectivity index (χ1n) is 6.80. The molecule has 3 nitrogen and oxygen atoms in total. The van der Waals surface area contributed by atoms with Crippen molar-refractivity contribution >= 4 is 34.4 Å². The highest BCUT2D eigenvalue weighted by Crippen LogP contribution is 2.28. The molecule has 1 atom stereocenters. The molecule has 1 unspecified atom stereocenters. The minimum Gasteiger partial charge on any atom is -0.489 e. The third-order valence-corrected chi connectivity index (χ3v) is 4.34. The van der Waals surface area contributed by atoms with Crippen LogP contribution in [0.25, 0.3) is 11.0 Å². The lowest BCUT2D eigenvalue weighted by Crippen LogP contribution is -2.11. The van der Waals surface area contributed by atoms with Crippen molar-refractivity contribution < 1.29 is 4.74 Å². The number of aromatic nitrogens is 2. The third-order valence-electron chi connectivity index (χ3n) is 3.15. The molecule has 0 saturated heterocycles. The van der Waals surface area contributed by atoms with Gasteiger partial charge in [0.05, 0.1) is 17.5 Å². The van der Waals surface area contributed by atoms with Gasteiger partial charge in [-0.2, -0.15) is 11.8 Å². The number of fused-ring (bicyclic) bond motifs is 1. The van der Waals surface area contributed by atoms with E-state index in [2.05, 4.69) is 28.8 Å². The molecule has 0 aliphatic rings. The smallest absolute Gasteiger partial charge is 0.147 e. The molecule has 0 N–H and O–H groups in total. The van der Waals surface area contributed by atoms with Crippen LogP contribution in [-0.2, 0) is 12.4 Å². The number of benzene rings is 1. The topological polar surface area (TPSA) is 27.1 Å². The summed E-state index contributed by atoms with van der Waals surface area (Å²) in [5.41, 5.74) is 2.00. The Bertz CT molecular complexity index is 583. The molecular formula is C15H21ClN2OS. The van der Waals surface area contributed by atoms with Crippen molar-refractivity contribution in [3.63, 3.8) is 0 Å². The quantitative estimate of drug-likeness (QED) is 0.744. The summed E-state index contributed by atoms with van der Waals surface area (Å²) in [5, 5.41) is 0.518. The molecule has 2 rings (SSSR count). The number of thioether (sulfide) groups is 1. The molecule has 110 valence electrons. The lowest BCUT2D eigenvalue weighted by Gasteiger charge is -2.13. The van der Waals surface area contributed by atoms with E-state index in [-0.39, 0.29) is 6.10 Å².